The van der Waals surface area contributed by atoms with Crippen LogP contribution in [-0.4, -0.2) is 35.4 Å². The Balaban J connectivity index is 1.73. The first-order valence-corrected chi connectivity index (χ1v) is 10.1. The summed E-state index contributed by atoms with van der Waals surface area (Å²) in [6, 6.07) is 8.72. The maximum absolute atomic E-state index is 12.5. The third-order valence-electron chi connectivity index (χ3n) is 5.37. The number of ether oxygens (including phenoxy) is 2. The molecule has 5 heteroatoms. The minimum atomic E-state index is -1.00. The molecule has 6 atom stereocenters. The van der Waals surface area contributed by atoms with Crippen LogP contribution in [0.4, 0.5) is 0 Å². The number of hydrogen-bond donors (Lipinski definition) is 1. The second kappa shape index (κ2) is 9.63. The Morgan fingerprint density at radius 1 is 1.28 bits per heavy atom. The summed E-state index contributed by atoms with van der Waals surface area (Å²) in [5.74, 6) is 10.7. The van der Waals surface area contributed by atoms with E-state index in [9.17, 15) is 14.7 Å². The molecule has 0 amide bonds. The van der Waals surface area contributed by atoms with Crippen molar-refractivity contribution in [3.8, 4) is 23.7 Å². The van der Waals surface area contributed by atoms with Gasteiger partial charge in [0.2, 0.25) is 0 Å². The zero-order valence-corrected chi connectivity index (χ0v) is 16.8. The van der Waals surface area contributed by atoms with Gasteiger partial charge >= 0.3 is 11.9 Å². The van der Waals surface area contributed by atoms with E-state index in [-0.39, 0.29) is 30.3 Å². The zero-order chi connectivity index (χ0) is 20.8. The van der Waals surface area contributed by atoms with Crippen LogP contribution in [-0.2, 0) is 14.3 Å². The number of benzene rings is 1. The van der Waals surface area contributed by atoms with Gasteiger partial charge in [0.25, 0.3) is 0 Å². The van der Waals surface area contributed by atoms with Crippen molar-refractivity contribution >= 4 is 11.9 Å². The number of carbonyl (C=O) groups excluding carboxylic acids is 2. The molecular formula is C24H26O5. The number of esters is 2. The summed E-state index contributed by atoms with van der Waals surface area (Å²) in [5.41, 5.74) is 0.448. The molecule has 1 unspecified atom stereocenters. The van der Waals surface area contributed by atoms with Gasteiger partial charge in [0, 0.05) is 37.0 Å². The second-order valence-corrected chi connectivity index (χ2v) is 7.56. The lowest BCUT2D eigenvalue weighted by molar-refractivity contribution is -0.141. The number of hydrogen-bond acceptors (Lipinski definition) is 5. The molecule has 1 aromatic rings. The summed E-state index contributed by atoms with van der Waals surface area (Å²) in [6.45, 7) is 3.95. The molecule has 0 aromatic heterocycles. The molecule has 0 radical (unpaired) electrons. The highest BCUT2D eigenvalue weighted by Gasteiger charge is 2.54. The van der Waals surface area contributed by atoms with Crippen molar-refractivity contribution in [2.45, 2.75) is 57.8 Å². The molecule has 5 nitrogen and oxygen atoms in total. The number of carbonyl (C=O) groups is 2. The van der Waals surface area contributed by atoms with Crippen molar-refractivity contribution in [1.82, 2.24) is 0 Å². The maximum atomic E-state index is 12.5. The average molecular weight is 394 g/mol. The van der Waals surface area contributed by atoms with Gasteiger partial charge in [-0.1, -0.05) is 43.9 Å². The van der Waals surface area contributed by atoms with Crippen LogP contribution in [0.5, 0.6) is 0 Å². The van der Waals surface area contributed by atoms with E-state index in [1.807, 2.05) is 19.9 Å². The first-order chi connectivity index (χ1) is 14.0. The van der Waals surface area contributed by atoms with Gasteiger partial charge in [-0.15, -0.1) is 11.8 Å². The van der Waals surface area contributed by atoms with Crippen LogP contribution in [0.25, 0.3) is 0 Å². The summed E-state index contributed by atoms with van der Waals surface area (Å²) < 4.78 is 11.1. The summed E-state index contributed by atoms with van der Waals surface area (Å²) in [4.78, 5) is 24.2. The molecule has 1 aliphatic heterocycles. The zero-order valence-electron chi connectivity index (χ0n) is 16.8. The molecule has 1 aromatic carbocycles. The van der Waals surface area contributed by atoms with Crippen molar-refractivity contribution in [3.63, 3.8) is 0 Å². The van der Waals surface area contributed by atoms with Gasteiger partial charge in [0.05, 0.1) is 12.0 Å². The molecule has 3 rings (SSSR count). The smallest absolute Gasteiger partial charge is 0.338 e. The molecule has 152 valence electrons. The maximum Gasteiger partial charge on any atom is 0.338 e. The number of fused-ring (bicyclic) bond motifs is 1. The van der Waals surface area contributed by atoms with Crippen LogP contribution in [0, 0.1) is 41.4 Å². The van der Waals surface area contributed by atoms with Gasteiger partial charge in [-0.05, 0) is 12.1 Å². The van der Waals surface area contributed by atoms with Crippen LogP contribution in [0.1, 0.15) is 49.9 Å². The van der Waals surface area contributed by atoms with Crippen LogP contribution in [0.2, 0.25) is 0 Å². The fourth-order valence-electron chi connectivity index (χ4n) is 3.97. The quantitative estimate of drug-likeness (QED) is 0.628. The van der Waals surface area contributed by atoms with Crippen LogP contribution >= 0.6 is 0 Å². The fraction of sp³-hybridized carbons (Fsp3) is 0.500. The second-order valence-electron chi connectivity index (χ2n) is 7.56. The fourth-order valence-corrected chi connectivity index (χ4v) is 3.97. The summed E-state index contributed by atoms with van der Waals surface area (Å²) >= 11 is 0. The number of aliphatic hydroxyl groups is 1. The van der Waals surface area contributed by atoms with E-state index in [1.165, 1.54) is 0 Å². The highest BCUT2D eigenvalue weighted by atomic mass is 16.6. The van der Waals surface area contributed by atoms with E-state index < -0.39 is 24.1 Å². The number of aliphatic hydroxyl groups excluding tert-OH is 1. The molecule has 1 N–H and O–H groups in total. The van der Waals surface area contributed by atoms with E-state index in [2.05, 4.69) is 23.7 Å². The van der Waals surface area contributed by atoms with Gasteiger partial charge in [-0.3, -0.25) is 4.79 Å². The topological polar surface area (TPSA) is 72.8 Å². The van der Waals surface area contributed by atoms with Crippen molar-refractivity contribution < 1.29 is 24.2 Å². The number of rotatable bonds is 4. The summed E-state index contributed by atoms with van der Waals surface area (Å²) in [6.07, 6.45) is 0.139. The molecule has 2 fully saturated rings. The molecule has 1 saturated carbocycles. The Hall–Kier alpha value is -2.76. The van der Waals surface area contributed by atoms with Crippen molar-refractivity contribution in [2.24, 2.45) is 17.8 Å². The first-order valence-electron chi connectivity index (χ1n) is 10.1. The minimum Gasteiger partial charge on any atom is -0.462 e. The lowest BCUT2D eigenvalue weighted by Gasteiger charge is -2.25. The lowest BCUT2D eigenvalue weighted by Crippen LogP contribution is -2.34. The first kappa shape index (κ1) is 21.0. The van der Waals surface area contributed by atoms with Gasteiger partial charge in [0.1, 0.15) is 18.3 Å². The van der Waals surface area contributed by atoms with Crippen LogP contribution in [0.3, 0.4) is 0 Å². The molecule has 1 heterocycles. The Morgan fingerprint density at radius 3 is 2.76 bits per heavy atom. The normalized spacial score (nSPS) is 26.8. The molecular weight excluding hydrogens is 368 g/mol. The van der Waals surface area contributed by atoms with E-state index in [0.29, 0.717) is 18.4 Å². The highest BCUT2D eigenvalue weighted by Crippen LogP contribution is 2.44. The predicted molar refractivity (Wildman–Crippen MR) is 107 cm³/mol. The van der Waals surface area contributed by atoms with E-state index in [4.69, 9.17) is 9.47 Å². The van der Waals surface area contributed by atoms with Crippen molar-refractivity contribution in [2.75, 3.05) is 0 Å². The monoisotopic (exact) mass is 394 g/mol. The molecule has 0 bridgehead atoms. The SMILES string of the molecule is CCC#CC[C@H](C)C#CC(O)[C@@H]1[C@H]2CC(=O)O[C@H]2C[C@H]1OC(=O)c1ccccc1. The van der Waals surface area contributed by atoms with Crippen LogP contribution < -0.4 is 0 Å². The average Bonchev–Trinajstić information content (AvgIpc) is 3.22. The molecule has 2 aliphatic rings. The molecule has 0 spiro atoms. The van der Waals surface area contributed by atoms with Crippen molar-refractivity contribution in [1.29, 1.82) is 0 Å². The van der Waals surface area contributed by atoms with Crippen molar-refractivity contribution in [3.05, 3.63) is 35.9 Å². The van der Waals surface area contributed by atoms with E-state index >= 15 is 0 Å². The third-order valence-corrected chi connectivity index (χ3v) is 5.37. The Bertz CT molecular complexity index is 854. The molecule has 29 heavy (non-hydrogen) atoms. The Morgan fingerprint density at radius 2 is 2.03 bits per heavy atom. The summed E-state index contributed by atoms with van der Waals surface area (Å²) in [5, 5.41) is 10.8. The highest BCUT2D eigenvalue weighted by molar-refractivity contribution is 5.89. The minimum absolute atomic E-state index is 0.0210. The largest absolute Gasteiger partial charge is 0.462 e. The van der Waals surface area contributed by atoms with Gasteiger partial charge in [0.15, 0.2) is 0 Å². The third kappa shape index (κ3) is 5.19. The van der Waals surface area contributed by atoms with Crippen LogP contribution in [0.15, 0.2) is 30.3 Å². The molecule has 1 aliphatic carbocycles. The Labute approximate surface area is 171 Å². The standard InChI is InChI=1S/C24H26O5/c1-3-4-6-9-16(2)12-13-19(25)23-18-14-22(26)28-20(18)15-21(23)29-24(27)17-10-7-5-8-11-17/h5,7-8,10-11,16,18-21,23,25H,3,9,14-15H2,1-2H3/t16-,18-,19?,20-,21+,23-/m0/s1. The van der Waals surface area contributed by atoms with Gasteiger partial charge < -0.3 is 14.6 Å². The Kier molecular flexibility index (Phi) is 6.96. The molecule has 1 saturated heterocycles. The predicted octanol–water partition coefficient (Wildman–Crippen LogP) is 2.97. The van der Waals surface area contributed by atoms with Gasteiger partial charge in [-0.2, -0.15) is 0 Å². The van der Waals surface area contributed by atoms with Gasteiger partial charge in [-0.25, -0.2) is 4.79 Å². The summed E-state index contributed by atoms with van der Waals surface area (Å²) in [7, 11) is 0. The lowest BCUT2D eigenvalue weighted by atomic mass is 9.87. The van der Waals surface area contributed by atoms with E-state index in [1.54, 1.807) is 24.3 Å². The van der Waals surface area contributed by atoms with E-state index in [0.717, 1.165) is 6.42 Å².